The highest BCUT2D eigenvalue weighted by Gasteiger charge is 2.21. The lowest BCUT2D eigenvalue weighted by Gasteiger charge is -2.19. The molecule has 13 heteroatoms. The molecule has 8 nitrogen and oxygen atoms in total. The van der Waals surface area contributed by atoms with Gasteiger partial charge in [0, 0.05) is 28.3 Å². The summed E-state index contributed by atoms with van der Waals surface area (Å²) in [5.74, 6) is -1.49. The van der Waals surface area contributed by atoms with Crippen molar-refractivity contribution in [3.8, 4) is 5.75 Å². The van der Waals surface area contributed by atoms with Crippen LogP contribution in [0.25, 0.3) is 10.2 Å². The highest BCUT2D eigenvalue weighted by molar-refractivity contribution is 7.22. The summed E-state index contributed by atoms with van der Waals surface area (Å²) < 4.78 is 39.7. The number of fused-ring (bicyclic) bond motifs is 1. The Kier molecular flexibility index (Phi) is 8.80. The van der Waals surface area contributed by atoms with Gasteiger partial charge in [-0.05, 0) is 39.8 Å². The van der Waals surface area contributed by atoms with Gasteiger partial charge in [0.1, 0.15) is 18.5 Å². The Bertz CT molecular complexity index is 1280. The average molecular weight is 561 g/mol. The molecule has 1 heterocycles. The van der Waals surface area contributed by atoms with Gasteiger partial charge in [0.2, 0.25) is 0 Å². The van der Waals surface area contributed by atoms with E-state index in [1.807, 2.05) is 20.8 Å². The number of benzene rings is 2. The molecule has 0 radical (unpaired) electrons. The fraction of sp³-hybridized carbons (Fsp3) is 0.348. The minimum atomic E-state index is -0.850. The number of hydrogen-bond acceptors (Lipinski definition) is 6. The lowest BCUT2D eigenvalue weighted by atomic mass is 10.1. The molecule has 1 atom stereocenters. The Morgan fingerprint density at radius 1 is 1.17 bits per heavy atom. The van der Waals surface area contributed by atoms with Crippen molar-refractivity contribution in [3.63, 3.8) is 0 Å². The minimum Gasteiger partial charge on any atom is -0.483 e. The number of nitrogens with one attached hydrogen (secondary N) is 3. The van der Waals surface area contributed by atoms with Crippen molar-refractivity contribution >= 4 is 62.0 Å². The highest BCUT2D eigenvalue weighted by atomic mass is 35.5. The number of carbonyl (C=O) groups excluding carboxylic acids is 2. The van der Waals surface area contributed by atoms with Crippen LogP contribution in [0, 0.1) is 11.6 Å². The monoisotopic (exact) mass is 560 g/mol. The van der Waals surface area contributed by atoms with Crippen LogP contribution >= 0.6 is 34.5 Å². The molecule has 0 aliphatic heterocycles. The number of amides is 3. The minimum absolute atomic E-state index is 0.0291. The van der Waals surface area contributed by atoms with Crippen LogP contribution in [0.1, 0.15) is 39.4 Å². The van der Waals surface area contributed by atoms with Crippen LogP contribution in [-0.2, 0) is 4.74 Å². The molecular weight excluding hydrogens is 537 g/mol. The molecule has 194 valence electrons. The van der Waals surface area contributed by atoms with Crippen molar-refractivity contribution in [1.82, 2.24) is 15.6 Å². The number of rotatable bonds is 7. The van der Waals surface area contributed by atoms with E-state index in [2.05, 4.69) is 20.9 Å². The van der Waals surface area contributed by atoms with Crippen molar-refractivity contribution < 1.29 is 27.8 Å². The number of hydrogen-bond donors (Lipinski definition) is 3. The number of aromatic nitrogens is 1. The third-order valence-corrected chi connectivity index (χ3v) is 6.20. The number of ether oxygens (including phenoxy) is 2. The molecule has 0 fully saturated rings. The first-order valence-corrected chi connectivity index (χ1v) is 12.3. The Labute approximate surface area is 220 Å². The van der Waals surface area contributed by atoms with Crippen LogP contribution in [0.4, 0.5) is 23.5 Å². The van der Waals surface area contributed by atoms with Crippen molar-refractivity contribution in [2.24, 2.45) is 0 Å². The van der Waals surface area contributed by atoms with E-state index in [4.69, 9.17) is 32.7 Å². The number of urea groups is 1. The maximum Gasteiger partial charge on any atom is 0.407 e. The number of alkyl carbamates (subject to hydrolysis) is 1. The highest BCUT2D eigenvalue weighted by Crippen LogP contribution is 2.37. The maximum atomic E-state index is 14.7. The summed E-state index contributed by atoms with van der Waals surface area (Å²) in [5, 5.41) is 7.91. The topological polar surface area (TPSA) is 102 Å². The van der Waals surface area contributed by atoms with E-state index in [0.29, 0.717) is 10.2 Å². The summed E-state index contributed by atoms with van der Waals surface area (Å²) >= 11 is 13.2. The van der Waals surface area contributed by atoms with Gasteiger partial charge >= 0.3 is 12.1 Å². The molecule has 0 bridgehead atoms. The molecular formula is C23H24Cl2F2N4O4S. The first-order chi connectivity index (χ1) is 16.8. The third kappa shape index (κ3) is 7.31. The van der Waals surface area contributed by atoms with Gasteiger partial charge in [-0.1, -0.05) is 34.5 Å². The van der Waals surface area contributed by atoms with Gasteiger partial charge in [-0.15, -0.1) is 0 Å². The smallest absolute Gasteiger partial charge is 0.407 e. The predicted octanol–water partition coefficient (Wildman–Crippen LogP) is 6.67. The van der Waals surface area contributed by atoms with Crippen molar-refractivity contribution in [2.75, 3.05) is 18.5 Å². The average Bonchev–Trinajstić information content (AvgIpc) is 3.14. The van der Waals surface area contributed by atoms with Gasteiger partial charge in [-0.25, -0.2) is 23.4 Å². The molecule has 0 spiro atoms. The summed E-state index contributed by atoms with van der Waals surface area (Å²) in [6, 6.07) is 4.48. The van der Waals surface area contributed by atoms with E-state index in [1.54, 1.807) is 6.92 Å². The van der Waals surface area contributed by atoms with Crippen molar-refractivity contribution in [1.29, 1.82) is 0 Å². The zero-order valence-electron chi connectivity index (χ0n) is 19.8. The molecule has 0 saturated heterocycles. The van der Waals surface area contributed by atoms with Crippen LogP contribution in [-0.4, -0.2) is 35.8 Å². The Morgan fingerprint density at radius 3 is 2.58 bits per heavy atom. The lowest BCUT2D eigenvalue weighted by Crippen LogP contribution is -2.42. The summed E-state index contributed by atoms with van der Waals surface area (Å²) in [6.07, 6.45) is -1.44. The first-order valence-electron chi connectivity index (χ1n) is 10.7. The molecule has 3 aromatic rings. The van der Waals surface area contributed by atoms with Crippen molar-refractivity contribution in [3.05, 3.63) is 51.5 Å². The van der Waals surface area contributed by atoms with E-state index in [0.717, 1.165) is 23.5 Å². The molecule has 0 aliphatic carbocycles. The standard InChI is InChI=1S/C23H24Cl2F2N4O4S/c1-11(18-12(24)5-6-13(26)19(18)25)35-16-10-17-15(9-14(16)27)29-21(36-17)30-20(32)28-7-8-34-22(33)31-23(2,3)4/h5-6,9-11H,7-8H2,1-4H3,(H,31,33)(H2,28,29,30,32). The maximum absolute atomic E-state index is 14.7. The molecule has 2 aromatic carbocycles. The number of halogens is 4. The van der Waals surface area contributed by atoms with Gasteiger partial charge in [-0.3, -0.25) is 5.32 Å². The predicted molar refractivity (Wildman–Crippen MR) is 136 cm³/mol. The van der Waals surface area contributed by atoms with Gasteiger partial charge in [0.25, 0.3) is 0 Å². The second kappa shape index (κ2) is 11.4. The molecule has 36 heavy (non-hydrogen) atoms. The molecule has 3 amide bonds. The van der Waals surface area contributed by atoms with E-state index in [-0.39, 0.29) is 39.6 Å². The zero-order chi connectivity index (χ0) is 26.6. The largest absolute Gasteiger partial charge is 0.483 e. The zero-order valence-corrected chi connectivity index (χ0v) is 22.1. The van der Waals surface area contributed by atoms with E-state index < -0.39 is 35.4 Å². The van der Waals surface area contributed by atoms with E-state index in [9.17, 15) is 18.4 Å². The summed E-state index contributed by atoms with van der Waals surface area (Å²) in [5.41, 5.74) is 0.0642. The first kappa shape index (κ1) is 27.7. The molecule has 1 aromatic heterocycles. The number of thiazole rings is 1. The summed E-state index contributed by atoms with van der Waals surface area (Å²) in [6.45, 7) is 7.05. The van der Waals surface area contributed by atoms with Crippen molar-refractivity contribution in [2.45, 2.75) is 39.3 Å². The quantitative estimate of drug-likeness (QED) is 0.221. The summed E-state index contributed by atoms with van der Waals surface area (Å²) in [4.78, 5) is 27.9. The Balaban J connectivity index is 1.61. The normalized spacial score (nSPS) is 12.2. The molecule has 0 aliphatic rings. The third-order valence-electron chi connectivity index (χ3n) is 4.55. The fourth-order valence-electron chi connectivity index (χ4n) is 3.03. The van der Waals surface area contributed by atoms with Gasteiger partial charge in [-0.2, -0.15) is 0 Å². The Morgan fingerprint density at radius 2 is 1.89 bits per heavy atom. The van der Waals surface area contributed by atoms with Crippen LogP contribution in [0.2, 0.25) is 10.0 Å². The molecule has 3 rings (SSSR count). The van der Waals surface area contributed by atoms with Crippen LogP contribution in [0.15, 0.2) is 24.3 Å². The van der Waals surface area contributed by atoms with Crippen LogP contribution in [0.3, 0.4) is 0 Å². The van der Waals surface area contributed by atoms with Gasteiger partial charge in [0.05, 0.1) is 21.8 Å². The number of anilines is 1. The number of carbonyl (C=O) groups is 2. The van der Waals surface area contributed by atoms with E-state index in [1.165, 1.54) is 12.1 Å². The lowest BCUT2D eigenvalue weighted by molar-refractivity contribution is 0.138. The molecule has 0 saturated carbocycles. The summed E-state index contributed by atoms with van der Waals surface area (Å²) in [7, 11) is 0. The molecule has 3 N–H and O–H groups in total. The van der Waals surface area contributed by atoms with Crippen LogP contribution in [0.5, 0.6) is 5.75 Å². The van der Waals surface area contributed by atoms with Crippen LogP contribution < -0.4 is 20.7 Å². The SMILES string of the molecule is CC(Oc1cc2sc(NC(=O)NCCOC(=O)NC(C)(C)C)nc2cc1F)c1c(Cl)ccc(F)c1Cl. The second-order valence-electron chi connectivity index (χ2n) is 8.68. The number of nitrogens with zero attached hydrogens (tertiary/aromatic N) is 1. The second-order valence-corrected chi connectivity index (χ2v) is 10.5. The molecule has 1 unspecified atom stereocenters. The fourth-order valence-corrected chi connectivity index (χ4v) is 4.58. The van der Waals surface area contributed by atoms with Gasteiger partial charge in [0.15, 0.2) is 16.7 Å². The van der Waals surface area contributed by atoms with E-state index >= 15 is 0 Å². The van der Waals surface area contributed by atoms with Gasteiger partial charge < -0.3 is 20.1 Å². The Hall–Kier alpha value is -2.89.